The topological polar surface area (TPSA) is 101 Å². The third kappa shape index (κ3) is 5.11. The van der Waals surface area contributed by atoms with Gasteiger partial charge >= 0.3 is 6.03 Å². The van der Waals surface area contributed by atoms with Crippen molar-refractivity contribution in [1.29, 1.82) is 0 Å². The molecule has 12 heteroatoms. The molecule has 2 saturated heterocycles. The molecule has 2 aliphatic heterocycles. The molecule has 42 heavy (non-hydrogen) atoms. The van der Waals surface area contributed by atoms with Crippen molar-refractivity contribution < 1.29 is 14.3 Å². The first kappa shape index (κ1) is 27.8. The summed E-state index contributed by atoms with van der Waals surface area (Å²) in [5.41, 5.74) is 8.66. The number of nitrogens with zero attached hydrogens (tertiary/aromatic N) is 6. The molecule has 2 fully saturated rings. The number of rotatable bonds is 4. The molecule has 3 aromatic carbocycles. The quantitative estimate of drug-likeness (QED) is 0.287. The van der Waals surface area contributed by atoms with Crippen LogP contribution >= 0.6 is 23.2 Å². The minimum absolute atomic E-state index is 0.0439. The molecule has 1 atom stereocenters. The maximum absolute atomic E-state index is 13.2. The van der Waals surface area contributed by atoms with E-state index in [-0.39, 0.29) is 41.5 Å². The Kier molecular flexibility index (Phi) is 7.41. The predicted molar refractivity (Wildman–Crippen MR) is 163 cm³/mol. The molecule has 2 amide bonds. The zero-order chi connectivity index (χ0) is 29.5. The summed E-state index contributed by atoms with van der Waals surface area (Å²) < 4.78 is 7.35. The maximum Gasteiger partial charge on any atom is 0.345 e. The molecule has 214 valence electrons. The zero-order valence-electron chi connectivity index (χ0n) is 22.8. The number of carbonyl (C=O) groups excluding carboxylic acids is 2. The number of aromatic nitrogens is 2. The summed E-state index contributed by atoms with van der Waals surface area (Å²) in [4.78, 5) is 35.5. The van der Waals surface area contributed by atoms with Crippen LogP contribution in [0.1, 0.15) is 17.9 Å². The van der Waals surface area contributed by atoms with Gasteiger partial charge in [-0.2, -0.15) is 4.68 Å². The van der Waals surface area contributed by atoms with Crippen LogP contribution in [-0.2, 0) is 4.79 Å². The molecule has 2 N–H and O–H groups in total. The van der Waals surface area contributed by atoms with Gasteiger partial charge < -0.3 is 25.2 Å². The highest BCUT2D eigenvalue weighted by Crippen LogP contribution is 2.42. The highest BCUT2D eigenvalue weighted by molar-refractivity contribution is 6.33. The van der Waals surface area contributed by atoms with Crippen molar-refractivity contribution in [2.24, 2.45) is 0 Å². The van der Waals surface area contributed by atoms with Crippen molar-refractivity contribution in [3.63, 3.8) is 0 Å². The molecule has 6 rings (SSSR count). The first-order valence-corrected chi connectivity index (χ1v) is 14.2. The van der Waals surface area contributed by atoms with Crippen LogP contribution in [0.3, 0.4) is 0 Å². The highest BCUT2D eigenvalue weighted by Gasteiger charge is 2.33. The number of nitrogen functional groups attached to an aromatic ring is 1. The summed E-state index contributed by atoms with van der Waals surface area (Å²) in [5, 5.41) is 5.61. The van der Waals surface area contributed by atoms with Crippen molar-refractivity contribution in [1.82, 2.24) is 19.6 Å². The lowest BCUT2D eigenvalue weighted by Crippen LogP contribution is -2.48. The van der Waals surface area contributed by atoms with Gasteiger partial charge in [-0.3, -0.25) is 4.79 Å². The summed E-state index contributed by atoms with van der Waals surface area (Å²) in [6.07, 6.45) is 0.287. The molecular formula is C30H27Cl2N7O3. The number of piperazine rings is 1. The minimum atomic E-state index is -0.212. The van der Waals surface area contributed by atoms with Crippen LogP contribution in [0.2, 0.25) is 10.0 Å². The fourth-order valence-electron chi connectivity index (χ4n) is 5.40. The second kappa shape index (κ2) is 11.2. The Bertz CT molecular complexity index is 1760. The third-order valence-electron chi connectivity index (χ3n) is 7.79. The van der Waals surface area contributed by atoms with E-state index in [2.05, 4.69) is 14.8 Å². The Labute approximate surface area is 252 Å². The molecular weight excluding hydrogens is 577 g/mol. The lowest BCUT2D eigenvalue weighted by atomic mass is 9.98. The molecule has 0 radical (unpaired) electrons. The molecule has 0 spiro atoms. The number of halogens is 2. The normalized spacial score (nSPS) is 17.6. The smallest absolute Gasteiger partial charge is 0.345 e. The Balaban J connectivity index is 1.24. The van der Waals surface area contributed by atoms with E-state index in [4.69, 9.17) is 40.2 Å². The number of carbonyl (C=O) groups is 2. The lowest BCUT2D eigenvalue weighted by Gasteiger charge is -2.32. The fraction of sp³-hybridized carbons (Fsp3) is 0.267. The van der Waals surface area contributed by atoms with Gasteiger partial charge in [-0.05, 0) is 49.0 Å². The van der Waals surface area contributed by atoms with Gasteiger partial charge in [0, 0.05) is 56.1 Å². The maximum atomic E-state index is 13.2. The van der Waals surface area contributed by atoms with Gasteiger partial charge in [-0.1, -0.05) is 41.4 Å². The first-order chi connectivity index (χ1) is 20.2. The number of ether oxygens (including phenoxy) is 1. The van der Waals surface area contributed by atoms with Crippen LogP contribution in [0.25, 0.3) is 15.7 Å². The summed E-state index contributed by atoms with van der Waals surface area (Å²) in [7, 11) is 2.03. The second-order valence-corrected chi connectivity index (χ2v) is 11.3. The van der Waals surface area contributed by atoms with E-state index in [1.165, 1.54) is 4.68 Å². The molecule has 1 aromatic heterocycles. The molecule has 4 aromatic rings. The SMILES string of the molecule is [C-]#[N+]c1cccc(Cl)c1Oc1cc([C@H]2CC(=O)N(c3ccc4c(c3)c(N)nn4C(=O)N3CCN(C)CC3)C2)ccc1Cl. The number of hydrogen-bond donors (Lipinski definition) is 1. The average molecular weight is 604 g/mol. The van der Waals surface area contributed by atoms with Crippen molar-refractivity contribution in [2.45, 2.75) is 12.3 Å². The van der Waals surface area contributed by atoms with Gasteiger partial charge in [-0.25, -0.2) is 9.64 Å². The van der Waals surface area contributed by atoms with E-state index in [9.17, 15) is 9.59 Å². The van der Waals surface area contributed by atoms with E-state index in [0.29, 0.717) is 52.0 Å². The van der Waals surface area contributed by atoms with Crippen molar-refractivity contribution in [3.05, 3.63) is 81.6 Å². The summed E-state index contributed by atoms with van der Waals surface area (Å²) in [6, 6.07) is 15.5. The fourth-order valence-corrected chi connectivity index (χ4v) is 5.77. The predicted octanol–water partition coefficient (Wildman–Crippen LogP) is 6.00. The van der Waals surface area contributed by atoms with Gasteiger partial charge in [0.05, 0.1) is 22.1 Å². The van der Waals surface area contributed by atoms with Crippen LogP contribution < -0.4 is 15.4 Å². The van der Waals surface area contributed by atoms with Gasteiger partial charge in [0.25, 0.3) is 0 Å². The molecule has 10 nitrogen and oxygen atoms in total. The van der Waals surface area contributed by atoms with Crippen LogP contribution in [0, 0.1) is 6.57 Å². The highest BCUT2D eigenvalue weighted by atomic mass is 35.5. The van der Waals surface area contributed by atoms with Crippen molar-refractivity contribution in [3.8, 4) is 11.5 Å². The molecule has 0 saturated carbocycles. The van der Waals surface area contributed by atoms with Gasteiger partial charge in [0.15, 0.2) is 11.6 Å². The minimum Gasteiger partial charge on any atom is -0.465 e. The monoisotopic (exact) mass is 603 g/mol. The first-order valence-electron chi connectivity index (χ1n) is 13.4. The third-order valence-corrected chi connectivity index (χ3v) is 8.40. The van der Waals surface area contributed by atoms with E-state index >= 15 is 0 Å². The van der Waals surface area contributed by atoms with Crippen LogP contribution in [-0.4, -0.2) is 71.3 Å². The number of para-hydroxylation sites is 1. The number of benzene rings is 3. The Hall–Kier alpha value is -4.30. The van der Waals surface area contributed by atoms with Crippen molar-refractivity contribution in [2.75, 3.05) is 50.4 Å². The number of hydrogen-bond acceptors (Lipinski definition) is 6. The summed E-state index contributed by atoms with van der Waals surface area (Å²) in [6.45, 7) is 10.7. The second-order valence-electron chi connectivity index (χ2n) is 10.5. The molecule has 3 heterocycles. The number of anilines is 2. The van der Waals surface area contributed by atoms with Gasteiger partial charge in [0.2, 0.25) is 11.6 Å². The Morgan fingerprint density at radius 2 is 1.86 bits per heavy atom. The van der Waals surface area contributed by atoms with Crippen LogP contribution in [0.5, 0.6) is 11.5 Å². The van der Waals surface area contributed by atoms with Crippen molar-refractivity contribution >= 4 is 63.2 Å². The largest absolute Gasteiger partial charge is 0.465 e. The van der Waals surface area contributed by atoms with E-state index in [1.807, 2.05) is 25.2 Å². The molecule has 0 aliphatic carbocycles. The number of nitrogens with two attached hydrogens (primary N) is 1. The summed E-state index contributed by atoms with van der Waals surface area (Å²) >= 11 is 12.7. The van der Waals surface area contributed by atoms with Gasteiger partial charge in [0.1, 0.15) is 5.75 Å². The zero-order valence-corrected chi connectivity index (χ0v) is 24.3. The average Bonchev–Trinajstić information content (AvgIpc) is 3.54. The Morgan fingerprint density at radius 3 is 2.62 bits per heavy atom. The molecule has 0 unspecified atom stereocenters. The van der Waals surface area contributed by atoms with E-state index < -0.39 is 0 Å². The summed E-state index contributed by atoms with van der Waals surface area (Å²) in [5.74, 6) is 0.644. The lowest BCUT2D eigenvalue weighted by molar-refractivity contribution is -0.117. The molecule has 2 aliphatic rings. The standard InChI is InChI=1S/C30H27Cl2N7O3/c1-34-24-5-3-4-23(32)28(24)42-26-14-18(6-8-22(26)31)19-15-27(40)38(17-19)20-7-9-25-21(16-20)29(33)35-39(25)30(41)37-12-10-36(2)11-13-37/h3-9,14,16,19H,10-13,15,17H2,2H3,(H2,33,35)/t19-/m0/s1. The molecule has 0 bridgehead atoms. The van der Waals surface area contributed by atoms with E-state index in [1.54, 1.807) is 46.2 Å². The van der Waals surface area contributed by atoms with Gasteiger partial charge in [-0.15, -0.1) is 5.10 Å². The Morgan fingerprint density at radius 1 is 1.07 bits per heavy atom. The number of fused-ring (bicyclic) bond motifs is 1. The number of likely N-dealkylation sites (N-methyl/N-ethyl adjacent to an activating group) is 1. The number of amides is 2. The van der Waals surface area contributed by atoms with E-state index in [0.717, 1.165) is 18.7 Å². The van der Waals surface area contributed by atoms with Crippen LogP contribution in [0.15, 0.2) is 54.6 Å². The van der Waals surface area contributed by atoms with Crippen LogP contribution in [0.4, 0.5) is 22.0 Å².